The smallest absolute Gasteiger partial charge is 0.193 e. The summed E-state index contributed by atoms with van der Waals surface area (Å²) >= 11 is 0. The number of methoxy groups -OCH3 is 2. The molecule has 2 aromatic carbocycles. The number of nitrogens with one attached hydrogen (secondary N) is 1. The number of anilines is 1. The van der Waals surface area contributed by atoms with E-state index < -0.39 is 0 Å². The van der Waals surface area contributed by atoms with Crippen molar-refractivity contribution in [1.82, 2.24) is 4.90 Å². The van der Waals surface area contributed by atoms with Gasteiger partial charge < -0.3 is 25.4 Å². The SMILES string of the molecule is COc1ccc(NC(N)=NCC(c2cccc(OC)c2)N(C)C)cc1. The Hall–Kier alpha value is -2.73. The average Bonchev–Trinajstić information content (AvgIpc) is 2.62. The summed E-state index contributed by atoms with van der Waals surface area (Å²) < 4.78 is 10.4. The molecule has 2 rings (SSSR count). The number of likely N-dealkylation sites (N-methyl/N-ethyl adjacent to an activating group) is 1. The molecule has 0 amide bonds. The fraction of sp³-hybridized carbons (Fsp3) is 0.316. The van der Waals surface area contributed by atoms with E-state index >= 15 is 0 Å². The van der Waals surface area contributed by atoms with Crippen LogP contribution < -0.4 is 20.5 Å². The van der Waals surface area contributed by atoms with Gasteiger partial charge in [0.15, 0.2) is 5.96 Å². The molecule has 0 fully saturated rings. The lowest BCUT2D eigenvalue weighted by Crippen LogP contribution is -2.27. The second-order valence-electron chi connectivity index (χ2n) is 5.84. The molecule has 134 valence electrons. The van der Waals surface area contributed by atoms with Crippen molar-refractivity contribution in [2.24, 2.45) is 10.7 Å². The molecule has 2 aromatic rings. The zero-order valence-electron chi connectivity index (χ0n) is 15.2. The van der Waals surface area contributed by atoms with Gasteiger partial charge in [0, 0.05) is 5.69 Å². The standard InChI is InChI=1S/C19H26N4O2/c1-23(2)18(14-6-5-7-17(12-14)25-4)13-21-19(20)22-15-8-10-16(24-3)11-9-15/h5-12,18H,13H2,1-4H3,(H3,20,21,22). The molecule has 0 saturated heterocycles. The first kappa shape index (κ1) is 18.6. The van der Waals surface area contributed by atoms with Gasteiger partial charge in [-0.25, -0.2) is 0 Å². The summed E-state index contributed by atoms with van der Waals surface area (Å²) in [6.45, 7) is 0.537. The quantitative estimate of drug-likeness (QED) is 0.598. The molecule has 25 heavy (non-hydrogen) atoms. The highest BCUT2D eigenvalue weighted by Gasteiger charge is 2.14. The highest BCUT2D eigenvalue weighted by molar-refractivity contribution is 5.92. The predicted octanol–water partition coefficient (Wildman–Crippen LogP) is 2.73. The first-order chi connectivity index (χ1) is 12.0. The summed E-state index contributed by atoms with van der Waals surface area (Å²) in [6.07, 6.45) is 0. The number of benzene rings is 2. The van der Waals surface area contributed by atoms with E-state index in [1.54, 1.807) is 14.2 Å². The van der Waals surface area contributed by atoms with E-state index in [-0.39, 0.29) is 6.04 Å². The zero-order chi connectivity index (χ0) is 18.2. The molecule has 0 bridgehead atoms. The Balaban J connectivity index is 2.06. The Kier molecular flexibility index (Phi) is 6.65. The van der Waals surface area contributed by atoms with Gasteiger partial charge in [0.1, 0.15) is 11.5 Å². The van der Waals surface area contributed by atoms with Crippen molar-refractivity contribution in [2.45, 2.75) is 6.04 Å². The molecular weight excluding hydrogens is 316 g/mol. The second kappa shape index (κ2) is 8.94. The predicted molar refractivity (Wildman–Crippen MR) is 103 cm³/mol. The molecule has 6 heteroatoms. The Morgan fingerprint density at radius 2 is 1.76 bits per heavy atom. The van der Waals surface area contributed by atoms with Crippen LogP contribution in [-0.4, -0.2) is 45.7 Å². The Morgan fingerprint density at radius 1 is 1.08 bits per heavy atom. The van der Waals surface area contributed by atoms with Crippen molar-refractivity contribution >= 4 is 11.6 Å². The first-order valence-electron chi connectivity index (χ1n) is 8.05. The Bertz CT molecular complexity index is 699. The number of aliphatic imine (C=N–C) groups is 1. The molecule has 0 aliphatic rings. The molecule has 0 aliphatic carbocycles. The summed E-state index contributed by atoms with van der Waals surface area (Å²) in [5.41, 5.74) is 8.02. The summed E-state index contributed by atoms with van der Waals surface area (Å²) in [7, 11) is 7.34. The summed E-state index contributed by atoms with van der Waals surface area (Å²) in [6, 6.07) is 15.6. The van der Waals surface area contributed by atoms with Crippen molar-refractivity contribution in [3.8, 4) is 11.5 Å². The summed E-state index contributed by atoms with van der Waals surface area (Å²) in [4.78, 5) is 6.60. The van der Waals surface area contributed by atoms with Crippen molar-refractivity contribution in [2.75, 3.05) is 40.2 Å². The number of nitrogens with zero attached hydrogens (tertiary/aromatic N) is 2. The molecule has 0 heterocycles. The third kappa shape index (κ3) is 5.39. The lowest BCUT2D eigenvalue weighted by Gasteiger charge is -2.23. The van der Waals surface area contributed by atoms with Crippen LogP contribution in [0.5, 0.6) is 11.5 Å². The van der Waals surface area contributed by atoms with Gasteiger partial charge in [-0.2, -0.15) is 0 Å². The molecule has 1 unspecified atom stereocenters. The zero-order valence-corrected chi connectivity index (χ0v) is 15.2. The fourth-order valence-electron chi connectivity index (χ4n) is 2.46. The van der Waals surface area contributed by atoms with Crippen molar-refractivity contribution in [1.29, 1.82) is 0 Å². The van der Waals surface area contributed by atoms with Crippen LogP contribution in [0.25, 0.3) is 0 Å². The van der Waals surface area contributed by atoms with Gasteiger partial charge in [0.2, 0.25) is 0 Å². The maximum atomic E-state index is 6.02. The normalized spacial score (nSPS) is 12.8. The van der Waals surface area contributed by atoms with Crippen LogP contribution in [0, 0.1) is 0 Å². The molecule has 0 aliphatic heterocycles. The minimum absolute atomic E-state index is 0.103. The van der Waals surface area contributed by atoms with Crippen molar-refractivity contribution < 1.29 is 9.47 Å². The summed E-state index contributed by atoms with van der Waals surface area (Å²) in [5, 5.41) is 3.09. The minimum atomic E-state index is 0.103. The van der Waals surface area contributed by atoms with E-state index in [1.807, 2.05) is 56.6 Å². The monoisotopic (exact) mass is 342 g/mol. The van der Waals surface area contributed by atoms with Crippen LogP contribution in [0.4, 0.5) is 5.69 Å². The molecule has 0 aromatic heterocycles. The third-order valence-corrected chi connectivity index (χ3v) is 3.90. The Labute approximate surface area is 149 Å². The van der Waals surface area contributed by atoms with E-state index in [2.05, 4.69) is 21.3 Å². The highest BCUT2D eigenvalue weighted by Crippen LogP contribution is 2.23. The maximum Gasteiger partial charge on any atom is 0.193 e. The maximum absolute atomic E-state index is 6.02. The van der Waals surface area contributed by atoms with E-state index in [4.69, 9.17) is 15.2 Å². The molecule has 0 radical (unpaired) electrons. The third-order valence-electron chi connectivity index (χ3n) is 3.90. The molecule has 0 spiro atoms. The van der Waals surface area contributed by atoms with Crippen LogP contribution in [0.2, 0.25) is 0 Å². The number of rotatable bonds is 7. The van der Waals surface area contributed by atoms with Gasteiger partial charge in [-0.1, -0.05) is 12.1 Å². The molecule has 1 atom stereocenters. The van der Waals surface area contributed by atoms with Gasteiger partial charge in [0.05, 0.1) is 26.8 Å². The van der Waals surface area contributed by atoms with Crippen molar-refractivity contribution in [3.05, 3.63) is 54.1 Å². The average molecular weight is 342 g/mol. The van der Waals surface area contributed by atoms with E-state index in [1.165, 1.54) is 0 Å². The van der Waals surface area contributed by atoms with Crippen LogP contribution in [-0.2, 0) is 0 Å². The fourth-order valence-corrected chi connectivity index (χ4v) is 2.46. The lowest BCUT2D eigenvalue weighted by molar-refractivity contribution is 0.305. The van der Waals surface area contributed by atoms with Crippen LogP contribution in [0.1, 0.15) is 11.6 Å². The van der Waals surface area contributed by atoms with Crippen molar-refractivity contribution in [3.63, 3.8) is 0 Å². The Morgan fingerprint density at radius 3 is 2.36 bits per heavy atom. The molecule has 6 nitrogen and oxygen atoms in total. The number of hydrogen-bond donors (Lipinski definition) is 2. The van der Waals surface area contributed by atoms with Gasteiger partial charge >= 0.3 is 0 Å². The number of ether oxygens (including phenoxy) is 2. The van der Waals surface area contributed by atoms with E-state index in [0.29, 0.717) is 12.5 Å². The van der Waals surface area contributed by atoms with Gasteiger partial charge in [0.25, 0.3) is 0 Å². The molecular formula is C19H26N4O2. The lowest BCUT2D eigenvalue weighted by atomic mass is 10.1. The topological polar surface area (TPSA) is 72.1 Å². The van der Waals surface area contributed by atoms with Gasteiger partial charge in [-0.3, -0.25) is 4.99 Å². The molecule has 3 N–H and O–H groups in total. The van der Waals surface area contributed by atoms with Gasteiger partial charge in [-0.05, 0) is 56.1 Å². The largest absolute Gasteiger partial charge is 0.497 e. The van der Waals surface area contributed by atoms with E-state index in [9.17, 15) is 0 Å². The summed E-state index contributed by atoms with van der Waals surface area (Å²) in [5.74, 6) is 2.00. The van der Waals surface area contributed by atoms with E-state index in [0.717, 1.165) is 22.7 Å². The van der Waals surface area contributed by atoms with Crippen LogP contribution >= 0.6 is 0 Å². The second-order valence-corrected chi connectivity index (χ2v) is 5.84. The first-order valence-corrected chi connectivity index (χ1v) is 8.05. The number of guanidine groups is 1. The minimum Gasteiger partial charge on any atom is -0.497 e. The highest BCUT2D eigenvalue weighted by atomic mass is 16.5. The number of hydrogen-bond acceptors (Lipinski definition) is 4. The number of nitrogens with two attached hydrogens (primary N) is 1. The molecule has 0 saturated carbocycles. The van der Waals surface area contributed by atoms with Gasteiger partial charge in [-0.15, -0.1) is 0 Å². The van der Waals surface area contributed by atoms with Crippen LogP contribution in [0.15, 0.2) is 53.5 Å². The van der Waals surface area contributed by atoms with Crippen LogP contribution in [0.3, 0.4) is 0 Å².